The summed E-state index contributed by atoms with van der Waals surface area (Å²) >= 11 is 5.85. The number of halogens is 2. The van der Waals surface area contributed by atoms with Crippen LogP contribution in [0.4, 0.5) is 5.69 Å². The van der Waals surface area contributed by atoms with Gasteiger partial charge in [-0.2, -0.15) is 5.10 Å². The van der Waals surface area contributed by atoms with Gasteiger partial charge in [0, 0.05) is 29.1 Å². The number of carbonyl (C=O) groups excluding carboxylic acids is 1. The van der Waals surface area contributed by atoms with Gasteiger partial charge >= 0.3 is 0 Å². The largest absolute Gasteiger partial charge is 0.322 e. The molecule has 1 aromatic carbocycles. The van der Waals surface area contributed by atoms with Crippen LogP contribution in [-0.4, -0.2) is 24.1 Å². The second kappa shape index (κ2) is 5.67. The van der Waals surface area contributed by atoms with E-state index in [1.807, 2.05) is 0 Å². The molecule has 0 aliphatic rings. The number of amides is 1. The van der Waals surface area contributed by atoms with E-state index in [0.717, 1.165) is 0 Å². The van der Waals surface area contributed by atoms with E-state index in [0.29, 0.717) is 16.9 Å². The Balaban J connectivity index is 2.27. The third kappa shape index (κ3) is 3.37. The quantitative estimate of drug-likeness (QED) is 0.865. The topological polar surface area (TPSA) is 81.1 Å². The van der Waals surface area contributed by atoms with Crippen molar-refractivity contribution in [1.29, 1.82) is 0 Å². The molecular weight excluding hydrogens is 337 g/mol. The van der Waals surface area contributed by atoms with Crippen molar-refractivity contribution in [2.45, 2.75) is 11.8 Å². The van der Waals surface area contributed by atoms with Crippen LogP contribution in [0, 0.1) is 6.92 Å². The molecular formula is C12H11Cl2N3O3S. The minimum absolute atomic E-state index is 0.0642. The molecule has 0 unspecified atom stereocenters. The van der Waals surface area contributed by atoms with Gasteiger partial charge in [0.05, 0.1) is 16.8 Å². The molecule has 0 fully saturated rings. The van der Waals surface area contributed by atoms with E-state index in [1.165, 1.54) is 24.4 Å². The maximum absolute atomic E-state index is 12.1. The van der Waals surface area contributed by atoms with Gasteiger partial charge in [-0.15, -0.1) is 0 Å². The molecule has 1 heterocycles. The van der Waals surface area contributed by atoms with Crippen molar-refractivity contribution < 1.29 is 13.2 Å². The first-order valence-corrected chi connectivity index (χ1v) is 8.43. The van der Waals surface area contributed by atoms with Crippen molar-refractivity contribution in [1.82, 2.24) is 9.78 Å². The Kier molecular flexibility index (Phi) is 4.27. The van der Waals surface area contributed by atoms with E-state index in [2.05, 4.69) is 10.4 Å². The van der Waals surface area contributed by atoms with Gasteiger partial charge in [0.2, 0.25) is 0 Å². The standard InChI is InChI=1S/C12H11Cl2N3O3S/c1-7-9(6-15-17(7)2)12(18)16-8-3-4-11(10(13)5-8)21(14,19)20/h3-6H,1-2H3,(H,16,18). The number of nitrogens with zero attached hydrogens (tertiary/aromatic N) is 2. The summed E-state index contributed by atoms with van der Waals surface area (Å²) < 4.78 is 24.1. The summed E-state index contributed by atoms with van der Waals surface area (Å²) in [5.74, 6) is -0.363. The van der Waals surface area contributed by atoms with Gasteiger partial charge in [0.25, 0.3) is 15.0 Å². The maximum atomic E-state index is 12.1. The van der Waals surface area contributed by atoms with Crippen LogP contribution in [0.1, 0.15) is 16.1 Å². The fourth-order valence-corrected chi connectivity index (χ4v) is 3.23. The molecule has 0 bridgehead atoms. The van der Waals surface area contributed by atoms with Crippen LogP contribution in [0.3, 0.4) is 0 Å². The van der Waals surface area contributed by atoms with E-state index in [4.69, 9.17) is 22.3 Å². The van der Waals surface area contributed by atoms with Crippen LogP contribution in [0.25, 0.3) is 0 Å². The Morgan fingerprint density at radius 1 is 1.38 bits per heavy atom. The molecule has 2 aromatic rings. The Bertz CT molecular complexity index is 815. The van der Waals surface area contributed by atoms with E-state index >= 15 is 0 Å². The van der Waals surface area contributed by atoms with Gasteiger partial charge in [0.15, 0.2) is 0 Å². The Morgan fingerprint density at radius 2 is 2.05 bits per heavy atom. The van der Waals surface area contributed by atoms with Gasteiger partial charge in [-0.05, 0) is 25.1 Å². The molecule has 0 spiro atoms. The van der Waals surface area contributed by atoms with Crippen molar-refractivity contribution in [2.24, 2.45) is 7.05 Å². The molecule has 112 valence electrons. The highest BCUT2D eigenvalue weighted by Crippen LogP contribution is 2.27. The number of nitrogens with one attached hydrogen (secondary N) is 1. The maximum Gasteiger partial charge on any atom is 0.262 e. The molecule has 6 nitrogen and oxygen atoms in total. The highest BCUT2D eigenvalue weighted by atomic mass is 35.7. The lowest BCUT2D eigenvalue weighted by Gasteiger charge is -2.07. The van der Waals surface area contributed by atoms with E-state index in [-0.39, 0.29) is 15.8 Å². The van der Waals surface area contributed by atoms with Crippen molar-refractivity contribution in [3.05, 3.63) is 40.7 Å². The summed E-state index contributed by atoms with van der Waals surface area (Å²) in [5, 5.41) is 6.53. The number of anilines is 1. The number of rotatable bonds is 3. The average Bonchev–Trinajstić information content (AvgIpc) is 2.68. The second-order valence-electron chi connectivity index (χ2n) is 4.30. The summed E-state index contributed by atoms with van der Waals surface area (Å²) in [7, 11) is 3.04. The number of benzene rings is 1. The third-order valence-corrected chi connectivity index (χ3v) is 4.74. The zero-order valence-electron chi connectivity index (χ0n) is 11.1. The van der Waals surface area contributed by atoms with Gasteiger partial charge in [-0.3, -0.25) is 9.48 Å². The zero-order valence-corrected chi connectivity index (χ0v) is 13.4. The molecule has 2 rings (SSSR count). The predicted molar refractivity (Wildman–Crippen MR) is 80.4 cm³/mol. The van der Waals surface area contributed by atoms with Gasteiger partial charge in [0.1, 0.15) is 4.90 Å². The minimum atomic E-state index is -3.92. The summed E-state index contributed by atoms with van der Waals surface area (Å²) in [6.45, 7) is 1.76. The number of hydrogen-bond donors (Lipinski definition) is 1. The molecule has 1 amide bonds. The molecule has 0 aliphatic heterocycles. The molecule has 0 saturated heterocycles. The van der Waals surface area contributed by atoms with E-state index < -0.39 is 9.05 Å². The van der Waals surface area contributed by atoms with Crippen molar-refractivity contribution in [3.8, 4) is 0 Å². The van der Waals surface area contributed by atoms with E-state index in [9.17, 15) is 13.2 Å². The third-order valence-electron chi connectivity index (χ3n) is 2.93. The van der Waals surface area contributed by atoms with Crippen LogP contribution in [0.15, 0.2) is 29.3 Å². The first kappa shape index (κ1) is 15.8. The van der Waals surface area contributed by atoms with Gasteiger partial charge in [-0.25, -0.2) is 8.42 Å². The second-order valence-corrected chi connectivity index (χ2v) is 7.25. The number of hydrogen-bond acceptors (Lipinski definition) is 4. The average molecular weight is 348 g/mol. The fourth-order valence-electron chi connectivity index (χ4n) is 1.70. The lowest BCUT2D eigenvalue weighted by atomic mass is 10.2. The summed E-state index contributed by atoms with van der Waals surface area (Å²) in [5.41, 5.74) is 1.48. The molecule has 9 heteroatoms. The Morgan fingerprint density at radius 3 is 2.52 bits per heavy atom. The number of aryl methyl sites for hydroxylation is 1. The van der Waals surface area contributed by atoms with Crippen LogP contribution in [-0.2, 0) is 16.1 Å². The Labute approximate surface area is 131 Å². The minimum Gasteiger partial charge on any atom is -0.322 e. The fraction of sp³-hybridized carbons (Fsp3) is 0.167. The lowest BCUT2D eigenvalue weighted by molar-refractivity contribution is 0.102. The molecule has 0 radical (unpaired) electrons. The van der Waals surface area contributed by atoms with E-state index in [1.54, 1.807) is 18.7 Å². The first-order chi connectivity index (χ1) is 9.70. The molecule has 0 saturated carbocycles. The zero-order chi connectivity index (χ0) is 15.8. The molecule has 0 atom stereocenters. The summed E-state index contributed by atoms with van der Waals surface area (Å²) in [4.78, 5) is 11.9. The predicted octanol–water partition coefficient (Wildman–Crippen LogP) is 2.56. The Hall–Kier alpha value is -1.57. The number of aromatic nitrogens is 2. The summed E-state index contributed by atoms with van der Waals surface area (Å²) in [6, 6.07) is 3.96. The number of carbonyl (C=O) groups is 1. The SMILES string of the molecule is Cc1c(C(=O)Nc2ccc(S(=O)(=O)Cl)c(Cl)c2)cnn1C. The van der Waals surface area contributed by atoms with Crippen molar-refractivity contribution in [2.75, 3.05) is 5.32 Å². The summed E-state index contributed by atoms with van der Waals surface area (Å²) in [6.07, 6.45) is 1.45. The highest BCUT2D eigenvalue weighted by molar-refractivity contribution is 8.13. The molecule has 0 aliphatic carbocycles. The lowest BCUT2D eigenvalue weighted by Crippen LogP contribution is -2.13. The van der Waals surface area contributed by atoms with Crippen molar-refractivity contribution in [3.63, 3.8) is 0 Å². The molecule has 1 N–H and O–H groups in total. The van der Waals surface area contributed by atoms with Crippen LogP contribution >= 0.6 is 22.3 Å². The normalized spacial score (nSPS) is 11.4. The van der Waals surface area contributed by atoms with Crippen LogP contribution < -0.4 is 5.32 Å². The van der Waals surface area contributed by atoms with Crippen LogP contribution in [0.2, 0.25) is 5.02 Å². The van der Waals surface area contributed by atoms with Crippen molar-refractivity contribution >= 4 is 42.9 Å². The molecule has 1 aromatic heterocycles. The smallest absolute Gasteiger partial charge is 0.262 e. The van der Waals surface area contributed by atoms with Gasteiger partial charge in [-0.1, -0.05) is 11.6 Å². The first-order valence-electron chi connectivity index (χ1n) is 5.74. The van der Waals surface area contributed by atoms with Crippen LogP contribution in [0.5, 0.6) is 0 Å². The monoisotopic (exact) mass is 347 g/mol. The molecule has 21 heavy (non-hydrogen) atoms. The highest BCUT2D eigenvalue weighted by Gasteiger charge is 2.17. The van der Waals surface area contributed by atoms with Gasteiger partial charge < -0.3 is 5.32 Å².